The number of esters is 1. The van der Waals surface area contributed by atoms with Gasteiger partial charge in [0.25, 0.3) is 5.91 Å². The van der Waals surface area contributed by atoms with Crippen molar-refractivity contribution < 1.29 is 27.5 Å². The lowest BCUT2D eigenvalue weighted by molar-refractivity contribution is -0.137. The number of halogens is 3. The third-order valence-corrected chi connectivity index (χ3v) is 4.52. The van der Waals surface area contributed by atoms with Gasteiger partial charge in [0.15, 0.2) is 11.0 Å². The predicted octanol–water partition coefficient (Wildman–Crippen LogP) is 3.92. The van der Waals surface area contributed by atoms with Crippen LogP contribution >= 0.6 is 11.8 Å². The molecule has 144 valence electrons. The molecule has 3 rings (SSSR count). The first kappa shape index (κ1) is 19.6. The number of hydrogen-bond donors (Lipinski definition) is 0. The molecule has 0 aliphatic carbocycles. The lowest BCUT2D eigenvalue weighted by Gasteiger charge is -2.17. The maximum atomic E-state index is 13.1. The van der Waals surface area contributed by atoms with Crippen molar-refractivity contribution in [2.75, 3.05) is 12.0 Å². The summed E-state index contributed by atoms with van der Waals surface area (Å²) in [6.45, 7) is 0. The number of amides is 1. The number of alkyl halides is 3. The molecular formula is C18H12F3N3O3S. The Morgan fingerprint density at radius 3 is 2.68 bits per heavy atom. The van der Waals surface area contributed by atoms with Gasteiger partial charge in [0.1, 0.15) is 0 Å². The van der Waals surface area contributed by atoms with E-state index in [4.69, 9.17) is 0 Å². The number of hydrogen-bond acceptors (Lipinski definition) is 6. The van der Waals surface area contributed by atoms with Crippen molar-refractivity contribution in [2.45, 2.75) is 6.18 Å². The van der Waals surface area contributed by atoms with Crippen molar-refractivity contribution in [2.24, 2.45) is 4.99 Å². The van der Waals surface area contributed by atoms with Crippen LogP contribution in [-0.4, -0.2) is 29.1 Å². The third-order valence-electron chi connectivity index (χ3n) is 3.55. The van der Waals surface area contributed by atoms with E-state index in [0.717, 1.165) is 42.0 Å². The molecule has 0 radical (unpaired) electrons. The molecule has 6 nitrogen and oxygen atoms in total. The predicted molar refractivity (Wildman–Crippen MR) is 98.0 cm³/mol. The Bertz CT molecular complexity index is 975. The van der Waals surface area contributed by atoms with E-state index in [2.05, 4.69) is 14.7 Å². The minimum atomic E-state index is -4.57. The number of carbonyl (C=O) groups excluding carboxylic acids is 2. The third kappa shape index (κ3) is 4.22. The van der Waals surface area contributed by atoms with Gasteiger partial charge < -0.3 is 4.74 Å². The molecule has 1 aliphatic heterocycles. The van der Waals surface area contributed by atoms with E-state index >= 15 is 0 Å². The van der Waals surface area contributed by atoms with E-state index in [9.17, 15) is 22.8 Å². The van der Waals surface area contributed by atoms with E-state index in [0.29, 0.717) is 0 Å². The minimum absolute atomic E-state index is 0.0288. The number of ether oxygens (including phenoxy) is 1. The van der Waals surface area contributed by atoms with Gasteiger partial charge in [-0.2, -0.15) is 13.2 Å². The standard InChI is InChI=1S/C18H12F3N3O3S/c1-27-15(25)10-13-16(26)24(12-6-4-5-11(9-12)18(19,20)21)17(28-13)23-14-7-2-3-8-22-14/h2-10H,1H3/b13-10+,23-17?. The summed E-state index contributed by atoms with van der Waals surface area (Å²) in [6.07, 6.45) is -2.12. The van der Waals surface area contributed by atoms with Gasteiger partial charge in [-0.25, -0.2) is 14.8 Å². The van der Waals surface area contributed by atoms with E-state index in [1.807, 2.05) is 0 Å². The van der Waals surface area contributed by atoms with Crippen LogP contribution in [0.2, 0.25) is 0 Å². The molecule has 0 bridgehead atoms. The Kier molecular flexibility index (Phi) is 5.50. The zero-order valence-electron chi connectivity index (χ0n) is 14.3. The molecule has 1 aromatic heterocycles. The Balaban J connectivity index is 2.09. The highest BCUT2D eigenvalue weighted by molar-refractivity contribution is 8.19. The first-order chi connectivity index (χ1) is 13.3. The number of carbonyl (C=O) groups is 2. The summed E-state index contributed by atoms with van der Waals surface area (Å²) in [7, 11) is 1.15. The maximum absolute atomic E-state index is 13.1. The molecular weight excluding hydrogens is 395 g/mol. The first-order valence-electron chi connectivity index (χ1n) is 7.78. The van der Waals surface area contributed by atoms with Gasteiger partial charge in [0.05, 0.1) is 23.3 Å². The number of thioether (sulfide) groups is 1. The number of methoxy groups -OCH3 is 1. The number of aliphatic imine (C=N–C) groups is 1. The maximum Gasteiger partial charge on any atom is 0.416 e. The molecule has 0 saturated carbocycles. The highest BCUT2D eigenvalue weighted by Crippen LogP contribution is 2.38. The summed E-state index contributed by atoms with van der Waals surface area (Å²) < 4.78 is 43.7. The van der Waals surface area contributed by atoms with Crippen molar-refractivity contribution in [3.8, 4) is 0 Å². The number of aromatic nitrogens is 1. The number of benzene rings is 1. The lowest BCUT2D eigenvalue weighted by Crippen LogP contribution is -2.29. The van der Waals surface area contributed by atoms with Crippen LogP contribution in [0, 0.1) is 0 Å². The van der Waals surface area contributed by atoms with Crippen molar-refractivity contribution in [3.05, 3.63) is 65.2 Å². The average Bonchev–Trinajstić information content (AvgIpc) is 2.96. The second-order valence-corrected chi connectivity index (χ2v) is 6.41. The van der Waals surface area contributed by atoms with Crippen molar-refractivity contribution in [1.82, 2.24) is 4.98 Å². The molecule has 1 fully saturated rings. The fourth-order valence-corrected chi connectivity index (χ4v) is 3.23. The molecule has 0 atom stereocenters. The monoisotopic (exact) mass is 407 g/mol. The summed E-state index contributed by atoms with van der Waals surface area (Å²) >= 11 is 0.839. The zero-order chi connectivity index (χ0) is 20.3. The zero-order valence-corrected chi connectivity index (χ0v) is 15.1. The molecule has 10 heteroatoms. The van der Waals surface area contributed by atoms with Crippen molar-refractivity contribution >= 4 is 40.3 Å². The lowest BCUT2D eigenvalue weighted by atomic mass is 10.2. The number of amidine groups is 1. The summed E-state index contributed by atoms with van der Waals surface area (Å²) in [4.78, 5) is 33.5. The van der Waals surface area contributed by atoms with Gasteiger partial charge in [-0.1, -0.05) is 12.1 Å². The van der Waals surface area contributed by atoms with Crippen LogP contribution in [0.1, 0.15) is 5.56 Å². The number of pyridine rings is 1. The summed E-state index contributed by atoms with van der Waals surface area (Å²) in [5.74, 6) is -1.20. The summed E-state index contributed by atoms with van der Waals surface area (Å²) in [6, 6.07) is 9.20. The van der Waals surface area contributed by atoms with Crippen LogP contribution in [0.5, 0.6) is 0 Å². The highest BCUT2D eigenvalue weighted by Gasteiger charge is 2.37. The molecule has 0 N–H and O–H groups in total. The Morgan fingerprint density at radius 2 is 2.04 bits per heavy atom. The molecule has 2 heterocycles. The van der Waals surface area contributed by atoms with Gasteiger partial charge in [0, 0.05) is 12.3 Å². The van der Waals surface area contributed by atoms with Crippen LogP contribution < -0.4 is 4.90 Å². The Hall–Kier alpha value is -3.14. The van der Waals surface area contributed by atoms with Gasteiger partial charge >= 0.3 is 12.1 Å². The van der Waals surface area contributed by atoms with Crippen LogP contribution in [-0.2, 0) is 20.5 Å². The Morgan fingerprint density at radius 1 is 1.25 bits per heavy atom. The van der Waals surface area contributed by atoms with Crippen LogP contribution in [0.25, 0.3) is 0 Å². The molecule has 1 amide bonds. The average molecular weight is 407 g/mol. The first-order valence-corrected chi connectivity index (χ1v) is 8.60. The van der Waals surface area contributed by atoms with E-state index in [1.54, 1.807) is 18.2 Å². The number of rotatable bonds is 3. The molecule has 2 aromatic rings. The van der Waals surface area contributed by atoms with E-state index < -0.39 is 23.6 Å². The molecule has 1 aliphatic rings. The largest absolute Gasteiger partial charge is 0.466 e. The fourth-order valence-electron chi connectivity index (χ4n) is 2.28. The fraction of sp³-hybridized carbons (Fsp3) is 0.111. The van der Waals surface area contributed by atoms with Gasteiger partial charge in [-0.05, 0) is 42.1 Å². The highest BCUT2D eigenvalue weighted by atomic mass is 32.2. The van der Waals surface area contributed by atoms with E-state index in [1.165, 1.54) is 18.3 Å². The minimum Gasteiger partial charge on any atom is -0.466 e. The quantitative estimate of drug-likeness (QED) is 0.570. The van der Waals surface area contributed by atoms with Crippen LogP contribution in [0.4, 0.5) is 24.7 Å². The summed E-state index contributed by atoms with van der Waals surface area (Å²) in [5, 5.41) is 0.0678. The number of nitrogens with zero attached hydrogens (tertiary/aromatic N) is 3. The normalized spacial score (nSPS) is 17.4. The van der Waals surface area contributed by atoms with E-state index in [-0.39, 0.29) is 21.6 Å². The van der Waals surface area contributed by atoms with Gasteiger partial charge in [-0.3, -0.25) is 9.69 Å². The second kappa shape index (κ2) is 7.85. The molecule has 1 aromatic carbocycles. The number of anilines is 1. The topological polar surface area (TPSA) is 71.9 Å². The summed E-state index contributed by atoms with van der Waals surface area (Å²) in [5.41, 5.74) is -0.944. The molecule has 1 saturated heterocycles. The second-order valence-electron chi connectivity index (χ2n) is 5.40. The smallest absolute Gasteiger partial charge is 0.416 e. The van der Waals surface area contributed by atoms with Crippen LogP contribution in [0.15, 0.2) is 64.6 Å². The van der Waals surface area contributed by atoms with Crippen molar-refractivity contribution in [1.29, 1.82) is 0 Å². The van der Waals surface area contributed by atoms with Crippen LogP contribution in [0.3, 0.4) is 0 Å². The Labute approximate surface area is 161 Å². The molecule has 0 spiro atoms. The van der Waals surface area contributed by atoms with Gasteiger partial charge in [0.2, 0.25) is 0 Å². The molecule has 0 unspecified atom stereocenters. The van der Waals surface area contributed by atoms with Crippen molar-refractivity contribution in [3.63, 3.8) is 0 Å². The SMILES string of the molecule is COC(=O)/C=C1/SC(=Nc2ccccn2)N(c2cccc(C(F)(F)F)c2)C1=O. The molecule has 28 heavy (non-hydrogen) atoms. The van der Waals surface area contributed by atoms with Gasteiger partial charge in [-0.15, -0.1) is 0 Å².